The first-order valence-electron chi connectivity index (χ1n) is 7.88. The molecule has 0 radical (unpaired) electrons. The highest BCUT2D eigenvalue weighted by atomic mass is 79.9. The Hall–Kier alpha value is -1.41. The van der Waals surface area contributed by atoms with Gasteiger partial charge in [-0.15, -0.1) is 0 Å². The zero-order valence-electron chi connectivity index (χ0n) is 13.8. The molecule has 0 unspecified atom stereocenters. The summed E-state index contributed by atoms with van der Waals surface area (Å²) in [4.78, 5) is 4.83. The third-order valence-corrected chi connectivity index (χ3v) is 4.27. The Labute approximate surface area is 142 Å². The van der Waals surface area contributed by atoms with Gasteiger partial charge in [0, 0.05) is 17.1 Å². The number of halogens is 1. The van der Waals surface area contributed by atoms with Crippen LogP contribution in [0.25, 0.3) is 0 Å². The van der Waals surface area contributed by atoms with Gasteiger partial charge >= 0.3 is 0 Å². The van der Waals surface area contributed by atoms with E-state index >= 15 is 0 Å². The lowest BCUT2D eigenvalue weighted by Gasteiger charge is -2.16. The topological polar surface area (TPSA) is 12.4 Å². The maximum Gasteiger partial charge on any atom is 0.0694 e. The summed E-state index contributed by atoms with van der Waals surface area (Å²) in [6.45, 7) is 8.92. The first kappa shape index (κ1) is 17.0. The van der Waals surface area contributed by atoms with E-state index in [4.69, 9.17) is 4.99 Å². The molecule has 0 spiro atoms. The molecule has 0 aliphatic carbocycles. The van der Waals surface area contributed by atoms with Crippen LogP contribution in [0, 0.1) is 0 Å². The number of benzene rings is 2. The molecule has 0 atom stereocenters. The van der Waals surface area contributed by atoms with Gasteiger partial charge in [-0.2, -0.15) is 0 Å². The predicted molar refractivity (Wildman–Crippen MR) is 101 cm³/mol. The molecule has 0 fully saturated rings. The van der Waals surface area contributed by atoms with Crippen molar-refractivity contribution in [3.63, 3.8) is 0 Å². The van der Waals surface area contributed by atoms with Crippen molar-refractivity contribution in [2.75, 3.05) is 0 Å². The minimum Gasteiger partial charge on any atom is -0.260 e. The zero-order valence-corrected chi connectivity index (χ0v) is 15.4. The standard InChI is InChI=1S/C20H24BrN/c1-14(2)18-9-6-10-19(15(3)4)20(18)22-12-11-16-7-5-8-17(21)13-16/h5-10,12-15H,11H2,1-4H3. The number of rotatable bonds is 5. The van der Waals surface area contributed by atoms with Crippen LogP contribution in [0.1, 0.15) is 56.2 Å². The van der Waals surface area contributed by atoms with Crippen molar-refractivity contribution in [2.24, 2.45) is 4.99 Å². The Morgan fingerprint density at radius 1 is 0.955 bits per heavy atom. The van der Waals surface area contributed by atoms with E-state index in [2.05, 4.69) is 80.0 Å². The van der Waals surface area contributed by atoms with E-state index in [1.54, 1.807) is 0 Å². The van der Waals surface area contributed by atoms with Crippen LogP contribution in [-0.2, 0) is 6.42 Å². The molecule has 2 rings (SSSR count). The maximum absolute atomic E-state index is 4.83. The van der Waals surface area contributed by atoms with Gasteiger partial charge in [-0.1, -0.05) is 74.0 Å². The molecule has 0 heterocycles. The molecular weight excluding hydrogens is 334 g/mol. The minimum absolute atomic E-state index is 0.483. The number of hydrogen-bond donors (Lipinski definition) is 0. The van der Waals surface area contributed by atoms with Crippen LogP contribution in [-0.4, -0.2) is 6.21 Å². The molecule has 0 N–H and O–H groups in total. The molecule has 2 heteroatoms. The largest absolute Gasteiger partial charge is 0.260 e. The molecule has 0 saturated carbocycles. The smallest absolute Gasteiger partial charge is 0.0694 e. The first-order chi connectivity index (χ1) is 10.5. The van der Waals surface area contributed by atoms with Crippen LogP contribution in [0.2, 0.25) is 0 Å². The summed E-state index contributed by atoms with van der Waals surface area (Å²) in [5, 5.41) is 0. The molecule has 2 aromatic rings. The fourth-order valence-electron chi connectivity index (χ4n) is 2.57. The Morgan fingerprint density at radius 2 is 1.55 bits per heavy atom. The summed E-state index contributed by atoms with van der Waals surface area (Å²) in [7, 11) is 0. The molecule has 0 bridgehead atoms. The number of nitrogens with zero attached hydrogens (tertiary/aromatic N) is 1. The normalized spacial score (nSPS) is 11.8. The second-order valence-corrected chi connectivity index (χ2v) is 7.16. The van der Waals surface area contributed by atoms with Crippen molar-refractivity contribution in [1.29, 1.82) is 0 Å². The van der Waals surface area contributed by atoms with Gasteiger partial charge in [0.15, 0.2) is 0 Å². The van der Waals surface area contributed by atoms with E-state index in [1.807, 2.05) is 12.3 Å². The first-order valence-corrected chi connectivity index (χ1v) is 8.68. The molecule has 0 saturated heterocycles. The SMILES string of the molecule is CC(C)c1cccc(C(C)C)c1N=CCc1cccc(Br)c1. The van der Waals surface area contributed by atoms with Gasteiger partial charge in [0.05, 0.1) is 5.69 Å². The van der Waals surface area contributed by atoms with E-state index in [9.17, 15) is 0 Å². The lowest BCUT2D eigenvalue weighted by Crippen LogP contribution is -1.96. The predicted octanol–water partition coefficient (Wildman–Crippen LogP) is 6.64. The molecule has 1 nitrogen and oxygen atoms in total. The van der Waals surface area contributed by atoms with Gasteiger partial charge in [-0.3, -0.25) is 4.99 Å². The van der Waals surface area contributed by atoms with Crippen molar-refractivity contribution >= 4 is 27.8 Å². The van der Waals surface area contributed by atoms with E-state index in [0.29, 0.717) is 11.8 Å². The van der Waals surface area contributed by atoms with Crippen molar-refractivity contribution in [2.45, 2.75) is 46.0 Å². The minimum atomic E-state index is 0.483. The van der Waals surface area contributed by atoms with Crippen LogP contribution in [0.4, 0.5) is 5.69 Å². The van der Waals surface area contributed by atoms with E-state index in [1.165, 1.54) is 16.7 Å². The number of aliphatic imine (C=N–C) groups is 1. The highest BCUT2D eigenvalue weighted by Gasteiger charge is 2.12. The van der Waals surface area contributed by atoms with Crippen molar-refractivity contribution in [1.82, 2.24) is 0 Å². The summed E-state index contributed by atoms with van der Waals surface area (Å²) >= 11 is 3.52. The van der Waals surface area contributed by atoms with Crippen molar-refractivity contribution < 1.29 is 0 Å². The molecule has 0 aliphatic heterocycles. The number of para-hydroxylation sites is 1. The monoisotopic (exact) mass is 357 g/mol. The van der Waals surface area contributed by atoms with E-state index in [0.717, 1.165) is 16.6 Å². The average Bonchev–Trinajstić information content (AvgIpc) is 2.47. The van der Waals surface area contributed by atoms with Crippen LogP contribution >= 0.6 is 15.9 Å². The summed E-state index contributed by atoms with van der Waals surface area (Å²) in [6, 6.07) is 14.9. The molecule has 116 valence electrons. The van der Waals surface area contributed by atoms with Gasteiger partial charge in [0.2, 0.25) is 0 Å². The van der Waals surface area contributed by atoms with Gasteiger partial charge in [0.1, 0.15) is 0 Å². The van der Waals surface area contributed by atoms with E-state index < -0.39 is 0 Å². The summed E-state index contributed by atoms with van der Waals surface area (Å²) < 4.78 is 1.11. The fraction of sp³-hybridized carbons (Fsp3) is 0.350. The van der Waals surface area contributed by atoms with Crippen LogP contribution < -0.4 is 0 Å². The Kier molecular flexibility index (Phi) is 5.96. The molecule has 22 heavy (non-hydrogen) atoms. The summed E-state index contributed by atoms with van der Waals surface area (Å²) in [6.07, 6.45) is 2.89. The van der Waals surface area contributed by atoms with Gasteiger partial charge < -0.3 is 0 Å². The van der Waals surface area contributed by atoms with Crippen LogP contribution in [0.3, 0.4) is 0 Å². The van der Waals surface area contributed by atoms with Crippen LogP contribution in [0.15, 0.2) is 51.9 Å². The Balaban J connectivity index is 2.29. The summed E-state index contributed by atoms with van der Waals surface area (Å²) in [5.41, 5.74) is 5.09. The number of hydrogen-bond acceptors (Lipinski definition) is 1. The fourth-order valence-corrected chi connectivity index (χ4v) is 3.01. The van der Waals surface area contributed by atoms with Gasteiger partial charge in [0.25, 0.3) is 0 Å². The van der Waals surface area contributed by atoms with E-state index in [-0.39, 0.29) is 0 Å². The van der Waals surface area contributed by atoms with Crippen molar-refractivity contribution in [3.05, 3.63) is 63.6 Å². The third kappa shape index (κ3) is 4.30. The Morgan fingerprint density at radius 3 is 2.09 bits per heavy atom. The summed E-state index contributed by atoms with van der Waals surface area (Å²) in [5.74, 6) is 0.966. The highest BCUT2D eigenvalue weighted by molar-refractivity contribution is 9.10. The second-order valence-electron chi connectivity index (χ2n) is 6.24. The molecule has 0 aliphatic rings. The molecular formula is C20H24BrN. The van der Waals surface area contributed by atoms with Crippen molar-refractivity contribution in [3.8, 4) is 0 Å². The lowest BCUT2D eigenvalue weighted by atomic mass is 9.93. The molecule has 0 amide bonds. The second kappa shape index (κ2) is 7.73. The quantitative estimate of drug-likeness (QED) is 0.531. The third-order valence-electron chi connectivity index (χ3n) is 3.78. The molecule has 2 aromatic carbocycles. The van der Waals surface area contributed by atoms with Crippen LogP contribution in [0.5, 0.6) is 0 Å². The Bertz CT molecular complexity index is 630. The molecule has 0 aromatic heterocycles. The lowest BCUT2D eigenvalue weighted by molar-refractivity contribution is 0.835. The highest BCUT2D eigenvalue weighted by Crippen LogP contribution is 2.34. The maximum atomic E-state index is 4.83. The average molecular weight is 358 g/mol. The van der Waals surface area contributed by atoms with Gasteiger partial charge in [-0.05, 0) is 40.7 Å². The zero-order chi connectivity index (χ0) is 16.1. The van der Waals surface area contributed by atoms with Gasteiger partial charge in [-0.25, -0.2) is 0 Å².